The van der Waals surface area contributed by atoms with Crippen LogP contribution in [0.25, 0.3) is 16.9 Å². The summed E-state index contributed by atoms with van der Waals surface area (Å²) in [5.41, 5.74) is 2.09. The Kier molecular flexibility index (Phi) is 4.81. The third-order valence-electron chi connectivity index (χ3n) is 3.31. The van der Waals surface area contributed by atoms with E-state index in [-0.39, 0.29) is 12.3 Å². The second kappa shape index (κ2) is 6.86. The molecule has 1 unspecified atom stereocenters. The van der Waals surface area contributed by atoms with Crippen molar-refractivity contribution in [3.05, 3.63) is 23.3 Å². The molecule has 0 aliphatic rings. The average Bonchev–Trinajstić information content (AvgIpc) is 3.13. The molecule has 0 aliphatic carbocycles. The standard InChI is InChI=1S/C15H19BrN6O2/c1-5-23-10(4)21-8-11(6-18-21)13-14(24-9(2)3)22-12(7-17-13)19-15(16)20-22/h6-10H,5H2,1-4H3. The van der Waals surface area contributed by atoms with Gasteiger partial charge in [-0.3, -0.25) is 0 Å². The van der Waals surface area contributed by atoms with Crippen molar-refractivity contribution in [2.75, 3.05) is 6.61 Å². The van der Waals surface area contributed by atoms with Crippen molar-refractivity contribution in [3.63, 3.8) is 0 Å². The Labute approximate surface area is 147 Å². The van der Waals surface area contributed by atoms with Gasteiger partial charge >= 0.3 is 0 Å². The lowest BCUT2D eigenvalue weighted by Crippen LogP contribution is -2.11. The van der Waals surface area contributed by atoms with Crippen LogP contribution < -0.4 is 4.74 Å². The fourth-order valence-electron chi connectivity index (χ4n) is 2.31. The number of halogens is 1. The largest absolute Gasteiger partial charge is 0.473 e. The third kappa shape index (κ3) is 3.27. The molecule has 3 heterocycles. The first-order chi connectivity index (χ1) is 11.5. The highest BCUT2D eigenvalue weighted by molar-refractivity contribution is 9.10. The molecule has 0 bridgehead atoms. The van der Waals surface area contributed by atoms with Crippen LogP contribution in [-0.4, -0.2) is 42.1 Å². The summed E-state index contributed by atoms with van der Waals surface area (Å²) in [6.07, 6.45) is 5.10. The molecule has 0 aliphatic heterocycles. The minimum Gasteiger partial charge on any atom is -0.473 e. The van der Waals surface area contributed by atoms with E-state index < -0.39 is 0 Å². The Balaban J connectivity index is 2.08. The van der Waals surface area contributed by atoms with Gasteiger partial charge in [0, 0.05) is 18.4 Å². The molecule has 0 amide bonds. The van der Waals surface area contributed by atoms with Crippen LogP contribution in [0, 0.1) is 0 Å². The number of aromatic nitrogens is 6. The van der Waals surface area contributed by atoms with Crippen LogP contribution in [0.5, 0.6) is 5.88 Å². The number of rotatable bonds is 6. The van der Waals surface area contributed by atoms with Crippen LogP contribution >= 0.6 is 15.9 Å². The molecule has 0 aromatic carbocycles. The van der Waals surface area contributed by atoms with Crippen LogP contribution in [0.1, 0.15) is 33.9 Å². The Morgan fingerprint density at radius 2 is 2.04 bits per heavy atom. The van der Waals surface area contributed by atoms with E-state index in [2.05, 4.69) is 36.1 Å². The Bertz CT molecular complexity index is 844. The highest BCUT2D eigenvalue weighted by Crippen LogP contribution is 2.29. The fraction of sp³-hybridized carbons (Fsp3) is 0.467. The van der Waals surface area contributed by atoms with Gasteiger partial charge in [-0.2, -0.15) is 14.6 Å². The summed E-state index contributed by atoms with van der Waals surface area (Å²) in [7, 11) is 0. The third-order valence-corrected chi connectivity index (χ3v) is 3.65. The van der Waals surface area contributed by atoms with E-state index in [9.17, 15) is 0 Å². The van der Waals surface area contributed by atoms with Crippen LogP contribution in [0.4, 0.5) is 0 Å². The monoisotopic (exact) mass is 394 g/mol. The van der Waals surface area contributed by atoms with Gasteiger partial charge in [0.15, 0.2) is 5.65 Å². The molecule has 9 heteroatoms. The predicted molar refractivity (Wildman–Crippen MR) is 91.8 cm³/mol. The first-order valence-electron chi connectivity index (χ1n) is 7.73. The lowest BCUT2D eigenvalue weighted by atomic mass is 10.2. The highest BCUT2D eigenvalue weighted by atomic mass is 79.9. The number of hydrogen-bond acceptors (Lipinski definition) is 6. The number of ether oxygens (including phenoxy) is 2. The summed E-state index contributed by atoms with van der Waals surface area (Å²) >= 11 is 3.29. The first kappa shape index (κ1) is 16.8. The van der Waals surface area contributed by atoms with Gasteiger partial charge in [0.05, 0.1) is 18.5 Å². The maximum absolute atomic E-state index is 5.95. The van der Waals surface area contributed by atoms with Crippen LogP contribution in [0.15, 0.2) is 23.3 Å². The van der Waals surface area contributed by atoms with Crippen LogP contribution in [-0.2, 0) is 4.74 Å². The lowest BCUT2D eigenvalue weighted by Gasteiger charge is -2.13. The maximum Gasteiger partial charge on any atom is 0.244 e. The zero-order chi connectivity index (χ0) is 17.3. The van der Waals surface area contributed by atoms with Gasteiger partial charge in [-0.25, -0.2) is 9.67 Å². The number of fused-ring (bicyclic) bond motifs is 1. The van der Waals surface area contributed by atoms with E-state index in [1.807, 2.05) is 33.9 Å². The number of nitrogens with zero attached hydrogens (tertiary/aromatic N) is 6. The minimum atomic E-state index is -0.150. The van der Waals surface area contributed by atoms with Crippen LogP contribution in [0.2, 0.25) is 0 Å². The van der Waals surface area contributed by atoms with E-state index >= 15 is 0 Å². The molecule has 0 spiro atoms. The smallest absolute Gasteiger partial charge is 0.244 e. The maximum atomic E-state index is 5.95. The molecule has 3 rings (SSSR count). The van der Waals surface area contributed by atoms with Crippen molar-refractivity contribution in [3.8, 4) is 17.1 Å². The molecule has 0 saturated heterocycles. The van der Waals surface area contributed by atoms with Gasteiger partial charge in [0.2, 0.25) is 10.6 Å². The van der Waals surface area contributed by atoms with Crippen molar-refractivity contribution in [2.45, 2.75) is 40.0 Å². The van der Waals surface area contributed by atoms with E-state index in [0.29, 0.717) is 28.6 Å². The SMILES string of the molecule is CCOC(C)n1cc(-c2ncc3nc(Br)nn3c2OC(C)C)cn1. The van der Waals surface area contributed by atoms with E-state index in [1.54, 1.807) is 21.6 Å². The van der Waals surface area contributed by atoms with E-state index in [4.69, 9.17) is 9.47 Å². The van der Waals surface area contributed by atoms with Crippen molar-refractivity contribution in [1.29, 1.82) is 0 Å². The molecule has 3 aromatic rings. The zero-order valence-corrected chi connectivity index (χ0v) is 15.6. The predicted octanol–water partition coefficient (Wildman–Crippen LogP) is 3.09. The lowest BCUT2D eigenvalue weighted by molar-refractivity contribution is 0.0160. The summed E-state index contributed by atoms with van der Waals surface area (Å²) in [4.78, 5) is 8.76. The number of hydrogen-bond donors (Lipinski definition) is 0. The molecule has 8 nitrogen and oxygen atoms in total. The van der Waals surface area contributed by atoms with Gasteiger partial charge in [-0.15, -0.1) is 5.10 Å². The quantitative estimate of drug-likeness (QED) is 0.638. The van der Waals surface area contributed by atoms with Crippen LogP contribution in [0.3, 0.4) is 0 Å². The van der Waals surface area contributed by atoms with Crippen molar-refractivity contribution in [2.24, 2.45) is 0 Å². The summed E-state index contributed by atoms with van der Waals surface area (Å²) in [6, 6.07) is 0. The normalized spacial score (nSPS) is 12.9. The molecule has 0 radical (unpaired) electrons. The topological polar surface area (TPSA) is 79.4 Å². The Morgan fingerprint density at radius 1 is 1.25 bits per heavy atom. The minimum absolute atomic E-state index is 0.0310. The zero-order valence-electron chi connectivity index (χ0n) is 14.0. The summed E-state index contributed by atoms with van der Waals surface area (Å²) < 4.78 is 15.4. The van der Waals surface area contributed by atoms with Gasteiger partial charge in [0.1, 0.15) is 11.9 Å². The second-order valence-corrected chi connectivity index (χ2v) is 6.20. The summed E-state index contributed by atoms with van der Waals surface area (Å²) in [5, 5.41) is 8.69. The fourth-order valence-corrected chi connectivity index (χ4v) is 2.65. The second-order valence-electron chi connectivity index (χ2n) is 5.49. The molecule has 0 saturated carbocycles. The average molecular weight is 395 g/mol. The van der Waals surface area contributed by atoms with E-state index in [1.165, 1.54) is 0 Å². The Hall–Kier alpha value is -2.00. The Morgan fingerprint density at radius 3 is 2.75 bits per heavy atom. The molecule has 128 valence electrons. The van der Waals surface area contributed by atoms with Gasteiger partial charge in [-0.05, 0) is 43.6 Å². The van der Waals surface area contributed by atoms with Gasteiger partial charge in [0.25, 0.3) is 0 Å². The van der Waals surface area contributed by atoms with Crippen molar-refractivity contribution >= 4 is 21.6 Å². The molecule has 1 atom stereocenters. The molecule has 3 aromatic heterocycles. The molecule has 0 N–H and O–H groups in total. The molecule has 24 heavy (non-hydrogen) atoms. The van der Waals surface area contributed by atoms with Crippen molar-refractivity contribution in [1.82, 2.24) is 29.4 Å². The molecular weight excluding hydrogens is 376 g/mol. The summed E-state index contributed by atoms with van der Waals surface area (Å²) in [6.45, 7) is 8.42. The first-order valence-corrected chi connectivity index (χ1v) is 8.53. The van der Waals surface area contributed by atoms with Gasteiger partial charge in [-0.1, -0.05) is 0 Å². The highest BCUT2D eigenvalue weighted by Gasteiger charge is 2.19. The van der Waals surface area contributed by atoms with Crippen molar-refractivity contribution < 1.29 is 9.47 Å². The van der Waals surface area contributed by atoms with Gasteiger partial charge < -0.3 is 9.47 Å². The molecule has 0 fully saturated rings. The molecular formula is C15H19BrN6O2. The summed E-state index contributed by atoms with van der Waals surface area (Å²) in [5.74, 6) is 0.532. The van der Waals surface area contributed by atoms with E-state index in [0.717, 1.165) is 5.56 Å².